The highest BCUT2D eigenvalue weighted by Gasteiger charge is 2.12. The Bertz CT molecular complexity index is 513. The van der Waals surface area contributed by atoms with Gasteiger partial charge < -0.3 is 4.74 Å². The van der Waals surface area contributed by atoms with E-state index in [4.69, 9.17) is 4.74 Å². The van der Waals surface area contributed by atoms with Crippen molar-refractivity contribution in [2.45, 2.75) is 18.8 Å². The summed E-state index contributed by atoms with van der Waals surface area (Å²) in [6.45, 7) is 0.762. The smallest absolute Gasteiger partial charge is 0.119 e. The molecule has 1 unspecified atom stereocenters. The maximum absolute atomic E-state index is 5.74. The molecule has 0 spiro atoms. The zero-order valence-electron chi connectivity index (χ0n) is 11.3. The highest BCUT2D eigenvalue weighted by atomic mass is 79.9. The molecule has 0 aliphatic heterocycles. The Balaban J connectivity index is 1.81. The van der Waals surface area contributed by atoms with Gasteiger partial charge in [-0.3, -0.25) is 0 Å². The predicted molar refractivity (Wildman–Crippen MR) is 91.8 cm³/mol. The largest absolute Gasteiger partial charge is 0.494 e. The van der Waals surface area contributed by atoms with Gasteiger partial charge in [0.1, 0.15) is 5.75 Å². The minimum atomic E-state index is 0.518. The first-order valence-corrected chi connectivity index (χ1v) is 8.71. The highest BCUT2D eigenvalue weighted by molar-refractivity contribution is 9.10. The third-order valence-corrected chi connectivity index (χ3v) is 4.74. The minimum Gasteiger partial charge on any atom is -0.494 e. The quantitative estimate of drug-likeness (QED) is 0.424. The molecule has 0 aliphatic rings. The van der Waals surface area contributed by atoms with Gasteiger partial charge in [0, 0.05) is 9.80 Å². The summed E-state index contributed by atoms with van der Waals surface area (Å²) in [6.07, 6.45) is 2.16. The molecule has 1 atom stereocenters. The molecule has 0 amide bonds. The molecular formula is C17H18Br2O. The summed E-state index contributed by atoms with van der Waals surface area (Å²) in [4.78, 5) is 0. The second-order valence-electron chi connectivity index (χ2n) is 4.68. The summed E-state index contributed by atoms with van der Waals surface area (Å²) in [5.41, 5.74) is 1.36. The minimum absolute atomic E-state index is 0.518. The van der Waals surface area contributed by atoms with Crippen molar-refractivity contribution in [3.63, 3.8) is 0 Å². The van der Waals surface area contributed by atoms with Gasteiger partial charge in [-0.25, -0.2) is 0 Å². The summed E-state index contributed by atoms with van der Waals surface area (Å²) >= 11 is 7.25. The molecule has 0 aliphatic carbocycles. The first kappa shape index (κ1) is 15.6. The molecular weight excluding hydrogens is 380 g/mol. The Labute approximate surface area is 137 Å². The van der Waals surface area contributed by atoms with Crippen LogP contribution in [0.1, 0.15) is 24.3 Å². The molecule has 2 rings (SSSR count). The first-order chi connectivity index (χ1) is 9.81. The van der Waals surface area contributed by atoms with Crippen molar-refractivity contribution in [3.8, 4) is 5.75 Å². The van der Waals surface area contributed by atoms with Gasteiger partial charge in [-0.15, -0.1) is 0 Å². The van der Waals surface area contributed by atoms with Crippen molar-refractivity contribution >= 4 is 31.9 Å². The van der Waals surface area contributed by atoms with Gasteiger partial charge in [-0.1, -0.05) is 68.3 Å². The highest BCUT2D eigenvalue weighted by Crippen LogP contribution is 2.29. The summed E-state index contributed by atoms with van der Waals surface area (Å²) < 4.78 is 6.93. The van der Waals surface area contributed by atoms with Gasteiger partial charge in [-0.2, -0.15) is 0 Å². The molecule has 106 valence electrons. The number of para-hydroxylation sites is 1. The number of hydrogen-bond acceptors (Lipinski definition) is 1. The van der Waals surface area contributed by atoms with Crippen LogP contribution in [0, 0.1) is 0 Å². The lowest BCUT2D eigenvalue weighted by molar-refractivity contribution is 0.303. The topological polar surface area (TPSA) is 9.23 Å². The van der Waals surface area contributed by atoms with Crippen molar-refractivity contribution < 1.29 is 4.74 Å². The van der Waals surface area contributed by atoms with Crippen LogP contribution >= 0.6 is 31.9 Å². The Morgan fingerprint density at radius 1 is 0.950 bits per heavy atom. The third kappa shape index (κ3) is 4.64. The van der Waals surface area contributed by atoms with E-state index in [1.807, 2.05) is 30.3 Å². The van der Waals surface area contributed by atoms with E-state index in [0.717, 1.165) is 30.5 Å². The van der Waals surface area contributed by atoms with Crippen LogP contribution < -0.4 is 4.74 Å². The van der Waals surface area contributed by atoms with E-state index >= 15 is 0 Å². The predicted octanol–water partition coefficient (Wildman–Crippen LogP) is 5.79. The van der Waals surface area contributed by atoms with Crippen LogP contribution in [-0.4, -0.2) is 11.9 Å². The average Bonchev–Trinajstić information content (AvgIpc) is 2.50. The fourth-order valence-corrected chi connectivity index (χ4v) is 3.44. The lowest BCUT2D eigenvalue weighted by Gasteiger charge is -2.16. The Morgan fingerprint density at radius 2 is 1.65 bits per heavy atom. The summed E-state index contributed by atoms with van der Waals surface area (Å²) in [5, 5.41) is 0.973. The Hall–Kier alpha value is -0.800. The zero-order valence-corrected chi connectivity index (χ0v) is 14.4. The zero-order chi connectivity index (χ0) is 14.2. The molecule has 1 nitrogen and oxygen atoms in total. The summed E-state index contributed by atoms with van der Waals surface area (Å²) in [6, 6.07) is 18.4. The van der Waals surface area contributed by atoms with E-state index in [9.17, 15) is 0 Å². The van der Waals surface area contributed by atoms with E-state index in [1.165, 1.54) is 10.0 Å². The summed E-state index contributed by atoms with van der Waals surface area (Å²) in [7, 11) is 0. The molecule has 0 saturated carbocycles. The van der Waals surface area contributed by atoms with E-state index in [0.29, 0.717) is 5.92 Å². The van der Waals surface area contributed by atoms with Gasteiger partial charge in [-0.05, 0) is 42.5 Å². The van der Waals surface area contributed by atoms with Crippen LogP contribution in [0.5, 0.6) is 5.75 Å². The number of hydrogen-bond donors (Lipinski definition) is 0. The van der Waals surface area contributed by atoms with Crippen LogP contribution in [0.4, 0.5) is 0 Å². The van der Waals surface area contributed by atoms with Gasteiger partial charge in [0.15, 0.2) is 0 Å². The molecule has 2 aromatic carbocycles. The maximum Gasteiger partial charge on any atom is 0.119 e. The lowest BCUT2D eigenvalue weighted by atomic mass is 9.96. The number of rotatable bonds is 7. The first-order valence-electron chi connectivity index (χ1n) is 6.79. The second-order valence-corrected chi connectivity index (χ2v) is 6.18. The third-order valence-electron chi connectivity index (χ3n) is 3.24. The molecule has 0 heterocycles. The van der Waals surface area contributed by atoms with Gasteiger partial charge in [0.2, 0.25) is 0 Å². The number of ether oxygens (including phenoxy) is 1. The van der Waals surface area contributed by atoms with E-state index in [2.05, 4.69) is 56.1 Å². The van der Waals surface area contributed by atoms with Gasteiger partial charge in [0.05, 0.1) is 6.61 Å². The van der Waals surface area contributed by atoms with Crippen molar-refractivity contribution in [2.24, 2.45) is 0 Å². The SMILES string of the molecule is BrCC(CCCOc1ccccc1)c1ccccc1Br. The van der Waals surface area contributed by atoms with E-state index < -0.39 is 0 Å². The number of benzene rings is 2. The average molecular weight is 398 g/mol. The van der Waals surface area contributed by atoms with Crippen LogP contribution in [-0.2, 0) is 0 Å². The van der Waals surface area contributed by atoms with Gasteiger partial charge >= 0.3 is 0 Å². The lowest BCUT2D eigenvalue weighted by Crippen LogP contribution is -2.05. The van der Waals surface area contributed by atoms with Crippen molar-refractivity contribution in [1.29, 1.82) is 0 Å². The second kappa shape index (κ2) is 8.48. The van der Waals surface area contributed by atoms with E-state index in [-0.39, 0.29) is 0 Å². The number of alkyl halides is 1. The molecule has 0 aromatic heterocycles. The molecule has 20 heavy (non-hydrogen) atoms. The molecule has 0 bridgehead atoms. The normalized spacial score (nSPS) is 12.1. The Morgan fingerprint density at radius 3 is 2.35 bits per heavy atom. The van der Waals surface area contributed by atoms with Crippen LogP contribution in [0.25, 0.3) is 0 Å². The van der Waals surface area contributed by atoms with E-state index in [1.54, 1.807) is 0 Å². The van der Waals surface area contributed by atoms with Crippen LogP contribution in [0.3, 0.4) is 0 Å². The molecule has 0 fully saturated rings. The molecule has 2 aromatic rings. The van der Waals surface area contributed by atoms with Crippen molar-refractivity contribution in [1.82, 2.24) is 0 Å². The van der Waals surface area contributed by atoms with Gasteiger partial charge in [0.25, 0.3) is 0 Å². The maximum atomic E-state index is 5.74. The van der Waals surface area contributed by atoms with Crippen molar-refractivity contribution in [2.75, 3.05) is 11.9 Å². The fourth-order valence-electron chi connectivity index (χ4n) is 2.16. The fraction of sp³-hybridized carbons (Fsp3) is 0.294. The monoisotopic (exact) mass is 396 g/mol. The molecule has 3 heteroatoms. The standard InChI is InChI=1S/C17H18Br2O/c18-13-14(16-10-4-5-11-17(16)19)7-6-12-20-15-8-2-1-3-9-15/h1-5,8-11,14H,6-7,12-13H2. The van der Waals surface area contributed by atoms with Crippen molar-refractivity contribution in [3.05, 3.63) is 64.6 Å². The summed E-state index contributed by atoms with van der Waals surface area (Å²) in [5.74, 6) is 1.47. The van der Waals surface area contributed by atoms with Crippen LogP contribution in [0.15, 0.2) is 59.1 Å². The van der Waals surface area contributed by atoms with Crippen LogP contribution in [0.2, 0.25) is 0 Å². The Kier molecular flexibility index (Phi) is 6.61. The molecule has 0 radical (unpaired) electrons. The molecule has 0 N–H and O–H groups in total. The molecule has 0 saturated heterocycles. The number of halogens is 2.